The maximum atomic E-state index is 16.6. The van der Waals surface area contributed by atoms with Crippen molar-refractivity contribution in [1.29, 1.82) is 0 Å². The van der Waals surface area contributed by atoms with Crippen LogP contribution in [0.4, 0.5) is 20.2 Å². The van der Waals surface area contributed by atoms with E-state index in [4.69, 9.17) is 0 Å². The molecule has 0 aliphatic heterocycles. The van der Waals surface area contributed by atoms with E-state index in [0.29, 0.717) is 16.9 Å². The van der Waals surface area contributed by atoms with Crippen molar-refractivity contribution in [3.63, 3.8) is 0 Å². The Morgan fingerprint density at radius 1 is 0.550 bits per heavy atom. The Morgan fingerprint density at radius 3 is 1.93 bits per heavy atom. The van der Waals surface area contributed by atoms with Crippen molar-refractivity contribution in [3.05, 3.63) is 132 Å². The van der Waals surface area contributed by atoms with Crippen molar-refractivity contribution >= 4 is 11.4 Å². The monoisotopic (exact) mass is 529 g/mol. The van der Waals surface area contributed by atoms with Gasteiger partial charge in [0.1, 0.15) is 5.82 Å². The Kier molecular flexibility index (Phi) is 6.14. The smallest absolute Gasteiger partial charge is 0.154 e. The second-order valence-corrected chi connectivity index (χ2v) is 12.1. The van der Waals surface area contributed by atoms with Gasteiger partial charge in [0.25, 0.3) is 0 Å². The normalized spacial score (nSPS) is 13.6. The molecule has 0 bridgehead atoms. The summed E-state index contributed by atoms with van der Waals surface area (Å²) in [5.41, 5.74) is 8.14. The summed E-state index contributed by atoms with van der Waals surface area (Å²) >= 11 is 0. The number of nitrogens with zero attached hydrogens (tertiary/aromatic N) is 1. The number of hydrogen-bond donors (Lipinski definition) is 0. The van der Waals surface area contributed by atoms with Crippen molar-refractivity contribution in [3.8, 4) is 33.4 Å². The highest BCUT2D eigenvalue weighted by Crippen LogP contribution is 2.50. The van der Waals surface area contributed by atoms with Crippen molar-refractivity contribution < 1.29 is 8.78 Å². The fourth-order valence-corrected chi connectivity index (χ4v) is 6.14. The summed E-state index contributed by atoms with van der Waals surface area (Å²) in [6.45, 7) is 10.4. The Hall–Kier alpha value is -4.24. The number of para-hydroxylation sites is 1. The Morgan fingerprint density at radius 2 is 1.20 bits per heavy atom. The summed E-state index contributed by atoms with van der Waals surface area (Å²) in [4.78, 5) is 1.78. The molecule has 6 rings (SSSR count). The molecule has 5 aromatic carbocycles. The minimum atomic E-state index is -0.600. The van der Waals surface area contributed by atoms with Crippen LogP contribution in [0.5, 0.6) is 0 Å². The second-order valence-electron chi connectivity index (χ2n) is 12.1. The zero-order valence-electron chi connectivity index (χ0n) is 23.6. The van der Waals surface area contributed by atoms with Gasteiger partial charge in [0.15, 0.2) is 5.82 Å². The first-order chi connectivity index (χ1) is 19.1. The van der Waals surface area contributed by atoms with Crippen molar-refractivity contribution in [2.24, 2.45) is 0 Å². The van der Waals surface area contributed by atoms with E-state index in [1.54, 1.807) is 23.1 Å². The second kappa shape index (κ2) is 9.45. The van der Waals surface area contributed by atoms with Crippen LogP contribution in [-0.2, 0) is 5.41 Å². The summed E-state index contributed by atoms with van der Waals surface area (Å²) in [5.74, 6) is -0.762. The molecule has 0 saturated heterocycles. The van der Waals surface area contributed by atoms with Gasteiger partial charge in [-0.3, -0.25) is 0 Å². The number of rotatable bonds is 4. The summed E-state index contributed by atoms with van der Waals surface area (Å²) in [5, 5.41) is 0. The van der Waals surface area contributed by atoms with Crippen molar-refractivity contribution in [1.82, 2.24) is 0 Å². The number of halogens is 2. The van der Waals surface area contributed by atoms with Gasteiger partial charge in [0.05, 0.1) is 11.4 Å². The molecule has 0 radical (unpaired) electrons. The maximum Gasteiger partial charge on any atom is 0.154 e. The zero-order chi connectivity index (χ0) is 28.2. The van der Waals surface area contributed by atoms with Gasteiger partial charge >= 0.3 is 0 Å². The van der Waals surface area contributed by atoms with Gasteiger partial charge in [-0.05, 0) is 90.0 Å². The number of benzene rings is 5. The molecule has 0 atom stereocenters. The molecular weight excluding hydrogens is 496 g/mol. The Balaban J connectivity index is 1.60. The van der Waals surface area contributed by atoms with Crippen LogP contribution in [0.15, 0.2) is 109 Å². The molecule has 1 aliphatic carbocycles. The van der Waals surface area contributed by atoms with Gasteiger partial charge in [-0.25, -0.2) is 8.78 Å². The summed E-state index contributed by atoms with van der Waals surface area (Å²) < 4.78 is 31.8. The average molecular weight is 530 g/mol. The lowest BCUT2D eigenvalue weighted by Gasteiger charge is -2.38. The zero-order valence-corrected chi connectivity index (χ0v) is 23.6. The first-order valence-corrected chi connectivity index (χ1v) is 13.8. The van der Waals surface area contributed by atoms with Gasteiger partial charge in [0.2, 0.25) is 0 Å². The standard InChI is InChI=1S/C37H33F2N/c1-36(2,3)40(33-18-12-11-17-32(33)38)34-23-26(21-29(35(34)39)24-13-7-6-8-14-24)25-19-20-28-27-15-9-10-16-30(27)37(4,5)31(28)22-25/h6-23H,1-5H3. The quantitative estimate of drug-likeness (QED) is 0.224. The highest BCUT2D eigenvalue weighted by Gasteiger charge is 2.35. The molecule has 0 unspecified atom stereocenters. The van der Waals surface area contributed by atoms with Crippen LogP contribution in [0.1, 0.15) is 45.7 Å². The highest BCUT2D eigenvalue weighted by molar-refractivity contribution is 5.86. The summed E-state index contributed by atoms with van der Waals surface area (Å²) in [6, 6.07) is 35.1. The molecule has 0 saturated carbocycles. The Labute approximate surface area is 235 Å². The molecule has 0 heterocycles. The molecule has 1 nitrogen and oxygen atoms in total. The largest absolute Gasteiger partial charge is 0.331 e. The van der Waals surface area contributed by atoms with Gasteiger partial charge in [-0.15, -0.1) is 0 Å². The lowest BCUT2D eigenvalue weighted by Crippen LogP contribution is -2.38. The van der Waals surface area contributed by atoms with Crippen LogP contribution in [0.2, 0.25) is 0 Å². The predicted octanol–water partition coefficient (Wildman–Crippen LogP) is 10.5. The average Bonchev–Trinajstić information content (AvgIpc) is 3.17. The van der Waals surface area contributed by atoms with E-state index in [2.05, 4.69) is 56.3 Å². The maximum absolute atomic E-state index is 16.6. The fourth-order valence-electron chi connectivity index (χ4n) is 6.14. The molecule has 5 aromatic rings. The molecule has 1 aliphatic rings. The predicted molar refractivity (Wildman–Crippen MR) is 163 cm³/mol. The molecular formula is C37H33F2N. The lowest BCUT2D eigenvalue weighted by molar-refractivity contribution is 0.527. The SMILES string of the molecule is CC1(C)c2ccccc2-c2ccc(-c3cc(-c4ccccc4)c(F)c(N(c4ccccc4F)C(C)(C)C)c3)cc21. The van der Waals surface area contributed by atoms with E-state index < -0.39 is 5.54 Å². The molecule has 0 amide bonds. The molecule has 0 spiro atoms. The molecule has 40 heavy (non-hydrogen) atoms. The Bertz CT molecular complexity index is 1730. The number of anilines is 2. The van der Waals surface area contributed by atoms with E-state index in [-0.39, 0.29) is 17.0 Å². The molecule has 200 valence electrons. The van der Waals surface area contributed by atoms with Crippen molar-refractivity contribution in [2.75, 3.05) is 4.90 Å². The van der Waals surface area contributed by atoms with Crippen LogP contribution >= 0.6 is 0 Å². The lowest BCUT2D eigenvalue weighted by atomic mass is 9.81. The molecule has 0 fully saturated rings. The third kappa shape index (κ3) is 4.21. The van der Waals surface area contributed by atoms with Gasteiger partial charge in [-0.2, -0.15) is 0 Å². The van der Waals surface area contributed by atoms with Crippen LogP contribution < -0.4 is 4.90 Å². The van der Waals surface area contributed by atoms with E-state index in [0.717, 1.165) is 16.7 Å². The van der Waals surface area contributed by atoms with Crippen LogP contribution in [0, 0.1) is 11.6 Å². The summed E-state index contributed by atoms with van der Waals surface area (Å²) in [7, 11) is 0. The third-order valence-electron chi connectivity index (χ3n) is 8.06. The van der Waals surface area contributed by atoms with E-state index in [1.807, 2.05) is 63.2 Å². The summed E-state index contributed by atoms with van der Waals surface area (Å²) in [6.07, 6.45) is 0. The molecule has 3 heteroatoms. The minimum absolute atomic E-state index is 0.155. The van der Waals surface area contributed by atoms with E-state index >= 15 is 8.78 Å². The van der Waals surface area contributed by atoms with Gasteiger partial charge < -0.3 is 4.90 Å². The van der Waals surface area contributed by atoms with Crippen LogP contribution in [0.25, 0.3) is 33.4 Å². The third-order valence-corrected chi connectivity index (χ3v) is 8.06. The van der Waals surface area contributed by atoms with E-state index in [1.165, 1.54) is 28.3 Å². The number of fused-ring (bicyclic) bond motifs is 3. The highest BCUT2D eigenvalue weighted by atomic mass is 19.1. The fraction of sp³-hybridized carbons (Fsp3) is 0.189. The van der Waals surface area contributed by atoms with Gasteiger partial charge in [-0.1, -0.05) is 92.7 Å². The van der Waals surface area contributed by atoms with E-state index in [9.17, 15) is 0 Å². The van der Waals surface area contributed by atoms with Crippen LogP contribution in [0.3, 0.4) is 0 Å². The first kappa shape index (κ1) is 26.0. The molecule has 0 aromatic heterocycles. The molecule has 0 N–H and O–H groups in total. The topological polar surface area (TPSA) is 3.24 Å². The number of hydrogen-bond acceptors (Lipinski definition) is 1. The van der Waals surface area contributed by atoms with Gasteiger partial charge in [0, 0.05) is 16.5 Å². The van der Waals surface area contributed by atoms with Crippen molar-refractivity contribution in [2.45, 2.75) is 45.6 Å². The minimum Gasteiger partial charge on any atom is -0.331 e. The first-order valence-electron chi connectivity index (χ1n) is 13.8. The van der Waals surface area contributed by atoms with Crippen LogP contribution in [-0.4, -0.2) is 5.54 Å².